The molecule has 0 unspecified atom stereocenters. The van der Waals surface area contributed by atoms with E-state index in [0.29, 0.717) is 0 Å². The topological polar surface area (TPSA) is 0 Å². The van der Waals surface area contributed by atoms with Gasteiger partial charge in [-0.15, -0.1) is 11.3 Å². The number of benzene rings is 1. The number of rotatable bonds is 1. The van der Waals surface area contributed by atoms with Gasteiger partial charge < -0.3 is 0 Å². The van der Waals surface area contributed by atoms with Gasteiger partial charge in [-0.3, -0.25) is 0 Å². The fraction of sp³-hybridized carbons (Fsp3) is 0.200. The van der Waals surface area contributed by atoms with Crippen LogP contribution in [-0.4, -0.2) is 0 Å². The minimum Gasteiger partial charge on any atom is -0.142 e. The molecule has 0 bridgehead atoms. The van der Waals surface area contributed by atoms with E-state index in [2.05, 4.69) is 25.1 Å². The molecular weight excluding hydrogens is 188 g/mol. The third-order valence-electron chi connectivity index (χ3n) is 2.00. The normalized spacial score (nSPS) is 10.8. The van der Waals surface area contributed by atoms with Crippen LogP contribution < -0.4 is 0 Å². The summed E-state index contributed by atoms with van der Waals surface area (Å²) in [5.74, 6) is 0. The van der Waals surface area contributed by atoms with Crippen LogP contribution in [0.5, 0.6) is 0 Å². The lowest BCUT2D eigenvalue weighted by Gasteiger charge is -1.95. The van der Waals surface area contributed by atoms with Gasteiger partial charge in [-0.2, -0.15) is 0 Å². The molecule has 0 aliphatic rings. The highest BCUT2D eigenvalue weighted by Crippen LogP contribution is 2.30. The summed E-state index contributed by atoms with van der Waals surface area (Å²) in [7, 11) is 0. The summed E-state index contributed by atoms with van der Waals surface area (Å²) in [6, 6.07) is 6.46. The van der Waals surface area contributed by atoms with E-state index in [4.69, 9.17) is 11.6 Å². The molecule has 0 nitrogen and oxygen atoms in total. The second-order valence-electron chi connectivity index (χ2n) is 2.77. The van der Waals surface area contributed by atoms with Gasteiger partial charge in [0.05, 0.1) is 5.02 Å². The van der Waals surface area contributed by atoms with E-state index in [1.54, 1.807) is 11.3 Å². The third-order valence-corrected chi connectivity index (χ3v) is 3.39. The van der Waals surface area contributed by atoms with E-state index in [0.717, 1.165) is 11.4 Å². The summed E-state index contributed by atoms with van der Waals surface area (Å²) in [6.45, 7) is 2.16. The van der Waals surface area contributed by atoms with Gasteiger partial charge in [0.25, 0.3) is 0 Å². The van der Waals surface area contributed by atoms with Crippen LogP contribution in [-0.2, 0) is 6.42 Å². The molecule has 2 rings (SSSR count). The Labute approximate surface area is 80.8 Å². The first-order chi connectivity index (χ1) is 5.81. The first kappa shape index (κ1) is 8.09. The predicted octanol–water partition coefficient (Wildman–Crippen LogP) is 4.12. The zero-order valence-electron chi connectivity index (χ0n) is 6.80. The smallest absolute Gasteiger partial charge is 0.0591 e. The Morgan fingerprint density at radius 3 is 3.00 bits per heavy atom. The first-order valence-electron chi connectivity index (χ1n) is 3.97. The molecule has 0 N–H and O–H groups in total. The number of thiophene rings is 1. The molecule has 1 aromatic heterocycles. The molecule has 0 saturated carbocycles. The van der Waals surface area contributed by atoms with E-state index in [1.807, 2.05) is 5.38 Å². The average molecular weight is 197 g/mol. The molecule has 0 radical (unpaired) electrons. The van der Waals surface area contributed by atoms with Crippen molar-refractivity contribution in [1.29, 1.82) is 0 Å². The molecule has 0 saturated heterocycles. The fourth-order valence-electron chi connectivity index (χ4n) is 1.26. The molecular formula is C10H9ClS. The summed E-state index contributed by atoms with van der Waals surface area (Å²) in [5.41, 5.74) is 1.38. The molecule has 62 valence electrons. The van der Waals surface area contributed by atoms with Crippen LogP contribution >= 0.6 is 22.9 Å². The highest BCUT2D eigenvalue weighted by molar-refractivity contribution is 7.17. The Kier molecular flexibility index (Phi) is 2.07. The maximum atomic E-state index is 5.98. The summed E-state index contributed by atoms with van der Waals surface area (Å²) in [4.78, 5) is 0. The molecule has 1 aromatic carbocycles. The van der Waals surface area contributed by atoms with Crippen molar-refractivity contribution in [3.05, 3.63) is 34.2 Å². The molecule has 0 aliphatic heterocycles. The van der Waals surface area contributed by atoms with E-state index in [1.165, 1.54) is 15.6 Å². The monoisotopic (exact) mass is 196 g/mol. The standard InChI is InChI=1S/C10H9ClS/c1-2-7-3-4-8-9(11)6-12-10(8)5-7/h3-6H,2H2,1H3. The Balaban J connectivity index is 2.69. The van der Waals surface area contributed by atoms with Gasteiger partial charge in [0.1, 0.15) is 0 Å². The van der Waals surface area contributed by atoms with Crippen molar-refractivity contribution in [3.8, 4) is 0 Å². The van der Waals surface area contributed by atoms with Crippen LogP contribution in [0.3, 0.4) is 0 Å². The van der Waals surface area contributed by atoms with Crippen molar-refractivity contribution in [2.75, 3.05) is 0 Å². The number of halogens is 1. The minimum absolute atomic E-state index is 0.873. The Morgan fingerprint density at radius 1 is 1.42 bits per heavy atom. The third kappa shape index (κ3) is 1.23. The Bertz CT molecular complexity index is 403. The van der Waals surface area contributed by atoms with Crippen molar-refractivity contribution in [2.24, 2.45) is 0 Å². The molecule has 0 fully saturated rings. The maximum Gasteiger partial charge on any atom is 0.0591 e. The van der Waals surface area contributed by atoms with E-state index < -0.39 is 0 Å². The zero-order valence-corrected chi connectivity index (χ0v) is 8.38. The number of fused-ring (bicyclic) bond motifs is 1. The maximum absolute atomic E-state index is 5.98. The Hall–Kier alpha value is -0.530. The van der Waals surface area contributed by atoms with Crippen LogP contribution in [0.15, 0.2) is 23.6 Å². The van der Waals surface area contributed by atoms with Gasteiger partial charge in [-0.25, -0.2) is 0 Å². The minimum atomic E-state index is 0.873. The number of hydrogen-bond acceptors (Lipinski definition) is 1. The summed E-state index contributed by atoms with van der Waals surface area (Å²) >= 11 is 7.69. The van der Waals surface area contributed by atoms with Crippen LogP contribution in [0.4, 0.5) is 0 Å². The summed E-state index contributed by atoms with van der Waals surface area (Å²) < 4.78 is 1.29. The summed E-state index contributed by atoms with van der Waals surface area (Å²) in [6.07, 6.45) is 1.09. The van der Waals surface area contributed by atoms with Gasteiger partial charge in [0, 0.05) is 15.5 Å². The second-order valence-corrected chi connectivity index (χ2v) is 4.09. The van der Waals surface area contributed by atoms with Crippen molar-refractivity contribution in [1.82, 2.24) is 0 Å². The van der Waals surface area contributed by atoms with E-state index >= 15 is 0 Å². The van der Waals surface area contributed by atoms with Crippen LogP contribution in [0.1, 0.15) is 12.5 Å². The molecule has 0 spiro atoms. The van der Waals surface area contributed by atoms with E-state index in [-0.39, 0.29) is 0 Å². The molecule has 0 atom stereocenters. The second kappa shape index (κ2) is 3.08. The first-order valence-corrected chi connectivity index (χ1v) is 5.22. The van der Waals surface area contributed by atoms with Gasteiger partial charge in [0.15, 0.2) is 0 Å². The Morgan fingerprint density at radius 2 is 2.25 bits per heavy atom. The molecule has 12 heavy (non-hydrogen) atoms. The van der Waals surface area contributed by atoms with Gasteiger partial charge in [0.2, 0.25) is 0 Å². The van der Waals surface area contributed by atoms with Crippen molar-refractivity contribution >= 4 is 33.0 Å². The van der Waals surface area contributed by atoms with Crippen LogP contribution in [0.25, 0.3) is 10.1 Å². The largest absolute Gasteiger partial charge is 0.142 e. The molecule has 2 aromatic rings. The highest BCUT2D eigenvalue weighted by Gasteiger charge is 2.00. The number of hydrogen-bond donors (Lipinski definition) is 0. The van der Waals surface area contributed by atoms with Crippen LogP contribution in [0.2, 0.25) is 5.02 Å². The highest BCUT2D eigenvalue weighted by atomic mass is 35.5. The lowest BCUT2D eigenvalue weighted by atomic mass is 10.1. The van der Waals surface area contributed by atoms with E-state index in [9.17, 15) is 0 Å². The lowest BCUT2D eigenvalue weighted by Crippen LogP contribution is -1.76. The molecule has 0 amide bonds. The van der Waals surface area contributed by atoms with Crippen LogP contribution in [0, 0.1) is 0 Å². The molecule has 1 heterocycles. The lowest BCUT2D eigenvalue weighted by molar-refractivity contribution is 1.15. The average Bonchev–Trinajstić information content (AvgIpc) is 2.47. The zero-order chi connectivity index (χ0) is 8.55. The number of aryl methyl sites for hydroxylation is 1. The van der Waals surface area contributed by atoms with Gasteiger partial charge >= 0.3 is 0 Å². The van der Waals surface area contributed by atoms with Crippen molar-refractivity contribution < 1.29 is 0 Å². The summed E-state index contributed by atoms with van der Waals surface area (Å²) in [5, 5.41) is 4.04. The van der Waals surface area contributed by atoms with Gasteiger partial charge in [-0.05, 0) is 18.1 Å². The molecule has 2 heteroatoms. The quantitative estimate of drug-likeness (QED) is 0.644. The molecule has 0 aliphatic carbocycles. The SMILES string of the molecule is CCc1ccc2c(Cl)csc2c1. The van der Waals surface area contributed by atoms with Crippen molar-refractivity contribution in [3.63, 3.8) is 0 Å². The predicted molar refractivity (Wildman–Crippen MR) is 56.2 cm³/mol. The van der Waals surface area contributed by atoms with Gasteiger partial charge in [-0.1, -0.05) is 30.7 Å². The fourth-order valence-corrected chi connectivity index (χ4v) is 2.50. The van der Waals surface area contributed by atoms with Crippen molar-refractivity contribution in [2.45, 2.75) is 13.3 Å².